The summed E-state index contributed by atoms with van der Waals surface area (Å²) >= 11 is 0. The average molecular weight is 362 g/mol. The number of carbonyl (C=O) groups excluding carboxylic acids is 2. The summed E-state index contributed by atoms with van der Waals surface area (Å²) in [5.74, 6) is -0.766. The number of Topliss-reactive ketones (excluding diaryl/α,β-unsaturated/α-hetero) is 1. The number of aliphatic hydroxyl groups excluding tert-OH is 3. The van der Waals surface area contributed by atoms with Gasteiger partial charge in [-0.1, -0.05) is 19.4 Å². The molecule has 0 spiro atoms. The van der Waals surface area contributed by atoms with Gasteiger partial charge in [0.2, 0.25) is 0 Å². The monoisotopic (exact) mass is 362 g/mol. The number of carbonyl (C=O) groups is 2. The van der Waals surface area contributed by atoms with Crippen molar-refractivity contribution in [3.05, 3.63) is 11.6 Å². The molecule has 3 N–H and O–H groups in total. The summed E-state index contributed by atoms with van der Waals surface area (Å²) in [4.78, 5) is 24.2. The van der Waals surface area contributed by atoms with Gasteiger partial charge in [-0.15, -0.1) is 0 Å². The molecule has 26 heavy (non-hydrogen) atoms. The molecule has 0 amide bonds. The topological polar surface area (TPSA) is 94.8 Å². The van der Waals surface area contributed by atoms with Gasteiger partial charge in [0.25, 0.3) is 0 Å². The molecule has 0 radical (unpaired) electrons. The second-order valence-corrected chi connectivity index (χ2v) is 9.65. The molecule has 0 aliphatic heterocycles. The van der Waals surface area contributed by atoms with E-state index in [1.165, 1.54) is 6.92 Å². The first-order valence-electron chi connectivity index (χ1n) is 9.90. The number of rotatable bonds is 1. The van der Waals surface area contributed by atoms with E-state index in [4.69, 9.17) is 0 Å². The van der Waals surface area contributed by atoms with Crippen molar-refractivity contribution in [1.82, 2.24) is 0 Å². The summed E-state index contributed by atoms with van der Waals surface area (Å²) in [5.41, 5.74) is 0.304. The van der Waals surface area contributed by atoms with Crippen molar-refractivity contribution >= 4 is 11.6 Å². The molecule has 0 aromatic rings. The lowest BCUT2D eigenvalue weighted by Gasteiger charge is -2.59. The summed E-state index contributed by atoms with van der Waals surface area (Å²) in [7, 11) is 0. The third kappa shape index (κ3) is 2.20. The first kappa shape index (κ1) is 18.3. The van der Waals surface area contributed by atoms with Gasteiger partial charge in [-0.05, 0) is 67.3 Å². The molecular formula is C21H30O5. The van der Waals surface area contributed by atoms with Crippen molar-refractivity contribution in [2.24, 2.45) is 34.5 Å². The highest BCUT2D eigenvalue weighted by molar-refractivity contribution is 5.91. The molecule has 5 nitrogen and oxygen atoms in total. The average Bonchev–Trinajstić information content (AvgIpc) is 2.73. The third-order valence-electron chi connectivity index (χ3n) is 8.40. The highest BCUT2D eigenvalue weighted by Crippen LogP contribution is 2.66. The van der Waals surface area contributed by atoms with Crippen LogP contribution >= 0.6 is 0 Å². The number of aliphatic hydroxyl groups is 3. The van der Waals surface area contributed by atoms with Crippen molar-refractivity contribution in [2.45, 2.75) is 71.2 Å². The lowest BCUT2D eigenvalue weighted by Crippen LogP contribution is -2.58. The maximum Gasteiger partial charge on any atom is 0.155 e. The number of allylic oxidation sites excluding steroid dienone is 1. The van der Waals surface area contributed by atoms with Gasteiger partial charge in [-0.25, -0.2) is 0 Å². The molecule has 0 unspecified atom stereocenters. The van der Waals surface area contributed by atoms with Crippen molar-refractivity contribution in [1.29, 1.82) is 0 Å². The Morgan fingerprint density at radius 2 is 1.81 bits per heavy atom. The summed E-state index contributed by atoms with van der Waals surface area (Å²) in [6.07, 6.45) is 2.39. The molecule has 3 saturated carbocycles. The van der Waals surface area contributed by atoms with E-state index in [0.29, 0.717) is 12.8 Å². The number of fused-ring (bicyclic) bond motifs is 5. The Balaban J connectivity index is 1.78. The molecule has 0 heterocycles. The highest BCUT2D eigenvalue weighted by Gasteiger charge is 2.67. The molecule has 5 heteroatoms. The number of ketones is 2. The van der Waals surface area contributed by atoms with Crippen LogP contribution in [0.2, 0.25) is 0 Å². The molecule has 144 valence electrons. The van der Waals surface area contributed by atoms with E-state index < -0.39 is 29.6 Å². The molecule has 4 rings (SSSR count). The van der Waals surface area contributed by atoms with Crippen molar-refractivity contribution in [3.63, 3.8) is 0 Å². The minimum Gasteiger partial charge on any atom is -0.393 e. The maximum atomic E-state index is 12.3. The van der Waals surface area contributed by atoms with Gasteiger partial charge in [-0.3, -0.25) is 9.59 Å². The zero-order chi connectivity index (χ0) is 19.0. The summed E-state index contributed by atoms with van der Waals surface area (Å²) < 4.78 is 0. The Hall–Kier alpha value is -1.04. The van der Waals surface area contributed by atoms with Gasteiger partial charge in [0.15, 0.2) is 5.78 Å². The lowest BCUT2D eigenvalue weighted by molar-refractivity contribution is -0.151. The van der Waals surface area contributed by atoms with Crippen molar-refractivity contribution in [2.75, 3.05) is 0 Å². The van der Waals surface area contributed by atoms with Gasteiger partial charge in [0.1, 0.15) is 5.78 Å². The first-order valence-corrected chi connectivity index (χ1v) is 9.90. The van der Waals surface area contributed by atoms with E-state index in [2.05, 4.69) is 6.92 Å². The number of hydrogen-bond acceptors (Lipinski definition) is 5. The van der Waals surface area contributed by atoms with E-state index in [1.807, 2.05) is 6.92 Å². The highest BCUT2D eigenvalue weighted by atomic mass is 16.3. The van der Waals surface area contributed by atoms with Gasteiger partial charge in [0.05, 0.1) is 24.2 Å². The maximum absolute atomic E-state index is 12.3. The SMILES string of the molecule is CC(=O)[C@H]1[C@H](O)[C@H](O)[C@H]2[C@@H]3CCC4=CC(=O)CC[C@]4(C)[C@H]3[C@H](O)C[C@@]21C. The van der Waals surface area contributed by atoms with Gasteiger partial charge >= 0.3 is 0 Å². The Morgan fingerprint density at radius 3 is 2.46 bits per heavy atom. The van der Waals surface area contributed by atoms with Crippen LogP contribution in [0.5, 0.6) is 0 Å². The fourth-order valence-corrected chi connectivity index (χ4v) is 7.49. The molecule has 0 aromatic heterocycles. The molecule has 4 aliphatic carbocycles. The van der Waals surface area contributed by atoms with E-state index in [9.17, 15) is 24.9 Å². The van der Waals surface area contributed by atoms with E-state index in [1.54, 1.807) is 6.08 Å². The Morgan fingerprint density at radius 1 is 1.12 bits per heavy atom. The largest absolute Gasteiger partial charge is 0.393 e. The minimum absolute atomic E-state index is 0.0405. The van der Waals surface area contributed by atoms with Crippen LogP contribution in [0.3, 0.4) is 0 Å². The van der Waals surface area contributed by atoms with Crippen LogP contribution < -0.4 is 0 Å². The predicted molar refractivity (Wildman–Crippen MR) is 95.1 cm³/mol. The van der Waals surface area contributed by atoms with Crippen LogP contribution in [0.1, 0.15) is 52.9 Å². The molecule has 9 atom stereocenters. The van der Waals surface area contributed by atoms with Crippen LogP contribution in [0.4, 0.5) is 0 Å². The Kier molecular flexibility index (Phi) is 4.04. The van der Waals surface area contributed by atoms with Crippen molar-refractivity contribution < 1.29 is 24.9 Å². The van der Waals surface area contributed by atoms with Crippen molar-refractivity contribution in [3.8, 4) is 0 Å². The van der Waals surface area contributed by atoms with Crippen LogP contribution in [0.25, 0.3) is 0 Å². The summed E-state index contributed by atoms with van der Waals surface area (Å²) in [5, 5.41) is 32.7. The zero-order valence-electron chi connectivity index (χ0n) is 15.8. The van der Waals surface area contributed by atoms with Crippen LogP contribution in [0.15, 0.2) is 11.6 Å². The summed E-state index contributed by atoms with van der Waals surface area (Å²) in [6.45, 7) is 5.58. The molecule has 0 aromatic carbocycles. The quantitative estimate of drug-likeness (QED) is 0.659. The smallest absolute Gasteiger partial charge is 0.155 e. The molecule has 3 fully saturated rings. The fourth-order valence-electron chi connectivity index (χ4n) is 7.49. The Bertz CT molecular complexity index is 684. The molecular weight excluding hydrogens is 332 g/mol. The predicted octanol–water partition coefficient (Wildman–Crippen LogP) is 1.64. The normalized spacial score (nSPS) is 53.4. The lowest BCUT2D eigenvalue weighted by atomic mass is 9.45. The first-order chi connectivity index (χ1) is 12.1. The molecule has 4 aliphatic rings. The molecule has 0 saturated heterocycles. The van der Waals surface area contributed by atoms with E-state index >= 15 is 0 Å². The van der Waals surface area contributed by atoms with Crippen LogP contribution in [-0.2, 0) is 9.59 Å². The van der Waals surface area contributed by atoms with Crippen LogP contribution in [-0.4, -0.2) is 45.2 Å². The summed E-state index contributed by atoms with van der Waals surface area (Å²) in [6, 6.07) is 0. The van der Waals surface area contributed by atoms with Gasteiger partial charge in [0, 0.05) is 6.42 Å². The second kappa shape index (κ2) is 5.73. The van der Waals surface area contributed by atoms with Crippen LogP contribution in [0, 0.1) is 34.5 Å². The third-order valence-corrected chi connectivity index (χ3v) is 8.40. The fraction of sp³-hybridized carbons (Fsp3) is 0.810. The van der Waals surface area contributed by atoms with Gasteiger partial charge in [-0.2, -0.15) is 0 Å². The zero-order valence-corrected chi connectivity index (χ0v) is 15.8. The Labute approximate surface area is 154 Å². The van der Waals surface area contributed by atoms with E-state index in [0.717, 1.165) is 24.8 Å². The van der Waals surface area contributed by atoms with E-state index in [-0.39, 0.29) is 34.7 Å². The molecule has 0 bridgehead atoms. The standard InChI is InChI=1S/C21H30O5/c1-10(22)15-18(25)19(26)17-13-5-4-11-8-12(23)6-7-20(11,2)16(13)14(24)9-21(15,17)3/h8,13-19,24-26H,4-7,9H2,1-3H3/t13-,14-,15+,16-,17-,18+,19-,20+,21-/m1/s1. The second-order valence-electron chi connectivity index (χ2n) is 9.65. The minimum atomic E-state index is -1.06. The number of hydrogen-bond donors (Lipinski definition) is 3. The van der Waals surface area contributed by atoms with Gasteiger partial charge < -0.3 is 15.3 Å².